The molecule has 0 fully saturated rings. The molecule has 0 atom stereocenters. The Labute approximate surface area is 218 Å². The van der Waals surface area contributed by atoms with Crippen LogP contribution in [0.2, 0.25) is 5.02 Å². The molecule has 7 nitrogen and oxygen atoms in total. The zero-order valence-electron chi connectivity index (χ0n) is 19.3. The first-order valence-corrected chi connectivity index (χ1v) is 12.4. The highest BCUT2D eigenvalue weighted by Crippen LogP contribution is 2.28. The van der Waals surface area contributed by atoms with Gasteiger partial charge in [-0.2, -0.15) is 14.6 Å². The Bertz CT molecular complexity index is 1860. The van der Waals surface area contributed by atoms with E-state index in [9.17, 15) is 9.18 Å². The number of aromatic nitrogens is 5. The highest BCUT2D eigenvalue weighted by Gasteiger charge is 2.16. The Kier molecular flexibility index (Phi) is 5.78. The SMILES string of the molecule is COc1ccc(-c2nn(-c3ccccc3)cc2C=c2sc3nc(-c4ccc(Cl)cc4)nn3c2=O)cc1F. The molecule has 0 bridgehead atoms. The summed E-state index contributed by atoms with van der Waals surface area (Å²) in [6, 6.07) is 21.3. The van der Waals surface area contributed by atoms with E-state index in [0.29, 0.717) is 37.2 Å². The molecule has 0 saturated carbocycles. The minimum Gasteiger partial charge on any atom is -0.494 e. The van der Waals surface area contributed by atoms with Crippen LogP contribution in [-0.2, 0) is 0 Å². The fourth-order valence-corrected chi connectivity index (χ4v) is 4.96. The maximum absolute atomic E-state index is 14.5. The third-order valence-electron chi connectivity index (χ3n) is 5.76. The standard InChI is InChI=1S/C27H17ClFN5O2S/c1-36-22-12-9-17(13-21(22)29)24-18(15-33(31-24)20-5-3-2-4-6-20)14-23-26(35)34-27(37-23)30-25(32-34)16-7-10-19(28)11-8-16/h2-15H,1H3. The van der Waals surface area contributed by atoms with Crippen LogP contribution in [0.5, 0.6) is 5.75 Å². The van der Waals surface area contributed by atoms with Crippen LogP contribution in [0.25, 0.3) is 39.4 Å². The van der Waals surface area contributed by atoms with Gasteiger partial charge in [-0.1, -0.05) is 41.1 Å². The molecule has 0 N–H and O–H groups in total. The predicted octanol–water partition coefficient (Wildman–Crippen LogP) is 5.02. The van der Waals surface area contributed by atoms with Crippen molar-refractivity contribution < 1.29 is 9.13 Å². The van der Waals surface area contributed by atoms with Crippen molar-refractivity contribution in [1.82, 2.24) is 24.4 Å². The summed E-state index contributed by atoms with van der Waals surface area (Å²) >= 11 is 7.19. The van der Waals surface area contributed by atoms with Gasteiger partial charge in [0, 0.05) is 27.9 Å². The summed E-state index contributed by atoms with van der Waals surface area (Å²) in [7, 11) is 1.41. The van der Waals surface area contributed by atoms with Crippen molar-refractivity contribution in [1.29, 1.82) is 0 Å². The number of nitrogens with zero attached hydrogens (tertiary/aromatic N) is 5. The topological polar surface area (TPSA) is 74.3 Å². The van der Waals surface area contributed by atoms with Gasteiger partial charge >= 0.3 is 0 Å². The van der Waals surface area contributed by atoms with Crippen LogP contribution in [0.3, 0.4) is 0 Å². The summed E-state index contributed by atoms with van der Waals surface area (Å²) in [5, 5.41) is 9.71. The summed E-state index contributed by atoms with van der Waals surface area (Å²) in [5.41, 5.74) is 3.01. The number of rotatable bonds is 5. The van der Waals surface area contributed by atoms with Gasteiger partial charge in [-0.15, -0.1) is 5.10 Å². The van der Waals surface area contributed by atoms with Crippen LogP contribution in [-0.4, -0.2) is 31.5 Å². The van der Waals surface area contributed by atoms with E-state index < -0.39 is 5.82 Å². The second-order valence-electron chi connectivity index (χ2n) is 8.11. The van der Waals surface area contributed by atoms with Crippen molar-refractivity contribution in [2.45, 2.75) is 0 Å². The summed E-state index contributed by atoms with van der Waals surface area (Å²) < 4.78 is 23.0. The lowest BCUT2D eigenvalue weighted by Gasteiger charge is -2.04. The molecule has 182 valence electrons. The maximum Gasteiger partial charge on any atom is 0.291 e. The molecule has 0 aliphatic carbocycles. The smallest absolute Gasteiger partial charge is 0.291 e. The average Bonchev–Trinajstić information content (AvgIpc) is 3.60. The normalized spacial score (nSPS) is 11.9. The van der Waals surface area contributed by atoms with Gasteiger partial charge in [-0.05, 0) is 60.7 Å². The van der Waals surface area contributed by atoms with Gasteiger partial charge in [0.05, 0.1) is 17.3 Å². The van der Waals surface area contributed by atoms with Crippen LogP contribution in [0.1, 0.15) is 5.56 Å². The highest BCUT2D eigenvalue weighted by molar-refractivity contribution is 7.15. The maximum atomic E-state index is 14.5. The van der Waals surface area contributed by atoms with E-state index in [-0.39, 0.29) is 11.3 Å². The Morgan fingerprint density at radius 1 is 1.00 bits per heavy atom. The monoisotopic (exact) mass is 529 g/mol. The zero-order chi connectivity index (χ0) is 25.5. The third-order valence-corrected chi connectivity index (χ3v) is 6.97. The zero-order valence-corrected chi connectivity index (χ0v) is 20.9. The van der Waals surface area contributed by atoms with Gasteiger partial charge in [0.15, 0.2) is 17.4 Å². The van der Waals surface area contributed by atoms with E-state index in [4.69, 9.17) is 21.4 Å². The number of halogens is 2. The summed E-state index contributed by atoms with van der Waals surface area (Å²) in [6.07, 6.45) is 3.54. The van der Waals surface area contributed by atoms with Crippen molar-refractivity contribution >= 4 is 34.0 Å². The van der Waals surface area contributed by atoms with Crippen LogP contribution in [0.15, 0.2) is 83.8 Å². The van der Waals surface area contributed by atoms with Crippen LogP contribution in [0, 0.1) is 5.82 Å². The van der Waals surface area contributed by atoms with Crippen LogP contribution in [0.4, 0.5) is 4.39 Å². The van der Waals surface area contributed by atoms with Gasteiger partial charge in [-0.25, -0.2) is 9.07 Å². The number of ether oxygens (including phenoxy) is 1. The van der Waals surface area contributed by atoms with Gasteiger partial charge in [0.1, 0.15) is 5.69 Å². The first kappa shape index (κ1) is 23.1. The lowest BCUT2D eigenvalue weighted by Crippen LogP contribution is -2.23. The summed E-state index contributed by atoms with van der Waals surface area (Å²) in [5.74, 6) is 0.0803. The number of hydrogen-bond donors (Lipinski definition) is 0. The van der Waals surface area contributed by atoms with Crippen molar-refractivity contribution in [2.24, 2.45) is 0 Å². The van der Waals surface area contributed by atoms with E-state index in [1.807, 2.05) is 30.3 Å². The number of fused-ring (bicyclic) bond motifs is 1. The van der Waals surface area contributed by atoms with Gasteiger partial charge in [-0.3, -0.25) is 4.79 Å². The second kappa shape index (κ2) is 9.27. The Balaban J connectivity index is 1.48. The molecule has 10 heteroatoms. The molecule has 0 saturated heterocycles. The van der Waals surface area contributed by atoms with Crippen molar-refractivity contribution in [3.8, 4) is 34.1 Å². The molecule has 0 radical (unpaired) electrons. The quantitative estimate of drug-likeness (QED) is 0.313. The molecule has 0 spiro atoms. The van der Waals surface area contributed by atoms with Crippen LogP contribution >= 0.6 is 22.9 Å². The molecular weight excluding hydrogens is 513 g/mol. The van der Waals surface area contributed by atoms with E-state index in [0.717, 1.165) is 11.3 Å². The van der Waals surface area contributed by atoms with E-state index in [1.165, 1.54) is 29.0 Å². The van der Waals surface area contributed by atoms with Crippen molar-refractivity contribution in [3.63, 3.8) is 0 Å². The van der Waals surface area contributed by atoms with Gasteiger partial charge < -0.3 is 4.74 Å². The van der Waals surface area contributed by atoms with Crippen molar-refractivity contribution in [3.05, 3.63) is 110 Å². The Morgan fingerprint density at radius 3 is 2.46 bits per heavy atom. The molecule has 3 aromatic carbocycles. The fourth-order valence-electron chi connectivity index (χ4n) is 3.94. The molecule has 0 unspecified atom stereocenters. The first-order valence-electron chi connectivity index (χ1n) is 11.2. The Morgan fingerprint density at radius 2 is 1.76 bits per heavy atom. The largest absolute Gasteiger partial charge is 0.494 e. The highest BCUT2D eigenvalue weighted by atomic mass is 35.5. The number of hydrogen-bond acceptors (Lipinski definition) is 6. The van der Waals surface area contributed by atoms with E-state index in [2.05, 4.69) is 10.1 Å². The molecule has 6 rings (SSSR count). The predicted molar refractivity (Wildman–Crippen MR) is 142 cm³/mol. The minimum atomic E-state index is -0.502. The van der Waals surface area contributed by atoms with E-state index >= 15 is 0 Å². The number of para-hydroxylation sites is 1. The summed E-state index contributed by atoms with van der Waals surface area (Å²) in [6.45, 7) is 0. The lowest BCUT2D eigenvalue weighted by atomic mass is 10.1. The molecule has 0 amide bonds. The molecule has 6 aromatic rings. The molecular formula is C27H17ClFN5O2S. The Hall–Kier alpha value is -4.34. The van der Waals surface area contributed by atoms with Gasteiger partial charge in [0.2, 0.25) is 4.96 Å². The number of methoxy groups -OCH3 is 1. The first-order chi connectivity index (χ1) is 18.0. The molecule has 3 heterocycles. The molecule has 0 aliphatic heterocycles. The number of thiazole rings is 1. The fraction of sp³-hybridized carbons (Fsp3) is 0.0370. The molecule has 37 heavy (non-hydrogen) atoms. The third kappa shape index (κ3) is 4.28. The van der Waals surface area contributed by atoms with Crippen molar-refractivity contribution in [2.75, 3.05) is 7.11 Å². The number of benzene rings is 3. The minimum absolute atomic E-state index is 0.140. The molecule has 3 aromatic heterocycles. The van der Waals surface area contributed by atoms with Crippen LogP contribution < -0.4 is 14.8 Å². The average molecular weight is 530 g/mol. The van der Waals surface area contributed by atoms with E-state index in [1.54, 1.807) is 53.4 Å². The second-order valence-corrected chi connectivity index (χ2v) is 9.56. The van der Waals surface area contributed by atoms with Gasteiger partial charge in [0.25, 0.3) is 5.56 Å². The lowest BCUT2D eigenvalue weighted by molar-refractivity contribution is 0.386. The summed E-state index contributed by atoms with van der Waals surface area (Å²) in [4.78, 5) is 18.2. The molecule has 0 aliphatic rings.